The third-order valence-electron chi connectivity index (χ3n) is 7.11. The third kappa shape index (κ3) is 3.97. The molecule has 0 amide bonds. The minimum Gasteiger partial charge on any atom is -0.472 e. The zero-order chi connectivity index (χ0) is 24.2. The summed E-state index contributed by atoms with van der Waals surface area (Å²) in [7, 11) is 0. The number of hydrogen-bond acceptors (Lipinski definition) is 4. The average Bonchev–Trinajstić information content (AvgIpc) is 3.31. The fourth-order valence-corrected chi connectivity index (χ4v) is 5.37. The molecule has 4 aromatic rings. The van der Waals surface area contributed by atoms with Gasteiger partial charge >= 0.3 is 0 Å². The van der Waals surface area contributed by atoms with Crippen molar-refractivity contribution < 1.29 is 9.47 Å². The van der Waals surface area contributed by atoms with Crippen molar-refractivity contribution in [1.82, 2.24) is 0 Å². The molecule has 0 aromatic heterocycles. The molecule has 0 spiro atoms. The van der Waals surface area contributed by atoms with E-state index in [1.807, 2.05) is 0 Å². The molecule has 6 rings (SSSR count). The van der Waals surface area contributed by atoms with Crippen molar-refractivity contribution in [1.29, 1.82) is 0 Å². The highest BCUT2D eigenvalue weighted by Gasteiger charge is 2.43. The van der Waals surface area contributed by atoms with Gasteiger partial charge in [0.15, 0.2) is 11.8 Å². The van der Waals surface area contributed by atoms with Crippen LogP contribution in [0.3, 0.4) is 0 Å². The summed E-state index contributed by atoms with van der Waals surface area (Å²) in [5, 5.41) is 4.89. The molecule has 2 aliphatic rings. The second kappa shape index (κ2) is 7.94. The van der Waals surface area contributed by atoms with E-state index in [0.29, 0.717) is 18.2 Å². The van der Waals surface area contributed by atoms with Crippen LogP contribution in [0, 0.1) is 0 Å². The summed E-state index contributed by atoms with van der Waals surface area (Å²) in [6.45, 7) is 8.40. The maximum atomic E-state index is 6.35. The Labute approximate surface area is 206 Å². The largest absolute Gasteiger partial charge is 0.472 e. The second-order valence-electron chi connectivity index (χ2n) is 10.7. The molecule has 35 heavy (non-hydrogen) atoms. The number of nitrogens with zero attached hydrogens (tertiary/aromatic N) is 2. The van der Waals surface area contributed by atoms with Gasteiger partial charge in [0.2, 0.25) is 0 Å². The first-order valence-electron chi connectivity index (χ1n) is 12.3. The Hall–Kier alpha value is -3.66. The molecule has 0 aliphatic carbocycles. The molecule has 2 heterocycles. The number of hydrogen-bond donors (Lipinski definition) is 0. The predicted molar refractivity (Wildman–Crippen MR) is 143 cm³/mol. The van der Waals surface area contributed by atoms with E-state index in [1.54, 1.807) is 0 Å². The molecular formula is C31H30N2O2. The van der Waals surface area contributed by atoms with Crippen LogP contribution in [-0.2, 0) is 9.47 Å². The van der Waals surface area contributed by atoms with E-state index in [-0.39, 0.29) is 12.1 Å². The fourth-order valence-electron chi connectivity index (χ4n) is 5.37. The zero-order valence-electron chi connectivity index (χ0n) is 20.7. The van der Waals surface area contributed by atoms with Crippen LogP contribution >= 0.6 is 0 Å². The Morgan fingerprint density at radius 2 is 0.971 bits per heavy atom. The van der Waals surface area contributed by atoms with Crippen LogP contribution in [0.25, 0.3) is 21.5 Å². The molecule has 0 radical (unpaired) electrons. The summed E-state index contributed by atoms with van der Waals surface area (Å²) < 4.78 is 12.7. The number of fused-ring (bicyclic) bond motifs is 2. The average molecular weight is 463 g/mol. The van der Waals surface area contributed by atoms with E-state index in [9.17, 15) is 0 Å². The van der Waals surface area contributed by atoms with Gasteiger partial charge in [-0.2, -0.15) is 0 Å². The minimum atomic E-state index is -0.440. The summed E-state index contributed by atoms with van der Waals surface area (Å²) in [6, 6.07) is 29.8. The van der Waals surface area contributed by atoms with Crippen LogP contribution in [0.15, 0.2) is 94.9 Å². The van der Waals surface area contributed by atoms with E-state index < -0.39 is 11.2 Å². The van der Waals surface area contributed by atoms with Crippen molar-refractivity contribution in [3.63, 3.8) is 0 Å². The van der Waals surface area contributed by atoms with Crippen LogP contribution in [0.5, 0.6) is 0 Å². The van der Waals surface area contributed by atoms with Gasteiger partial charge in [-0.3, -0.25) is 0 Å². The van der Waals surface area contributed by atoms with Crippen molar-refractivity contribution >= 4 is 33.3 Å². The Kier molecular flexibility index (Phi) is 4.96. The van der Waals surface area contributed by atoms with E-state index in [2.05, 4.69) is 113 Å². The lowest BCUT2D eigenvalue weighted by Crippen LogP contribution is -2.29. The highest BCUT2D eigenvalue weighted by atomic mass is 16.5. The van der Waals surface area contributed by atoms with E-state index >= 15 is 0 Å². The first-order chi connectivity index (χ1) is 16.8. The molecule has 2 aliphatic heterocycles. The smallest absolute Gasteiger partial charge is 0.194 e. The summed E-state index contributed by atoms with van der Waals surface area (Å²) in [5.41, 5.74) is 1.44. The number of benzene rings is 4. The predicted octanol–water partition coefficient (Wildman–Crippen LogP) is 7.58. The van der Waals surface area contributed by atoms with Gasteiger partial charge in [0.05, 0.1) is 6.42 Å². The molecule has 0 saturated heterocycles. The van der Waals surface area contributed by atoms with Crippen molar-refractivity contribution in [3.05, 3.63) is 96.1 Å². The van der Waals surface area contributed by atoms with Gasteiger partial charge in [0, 0.05) is 0 Å². The van der Waals surface area contributed by atoms with Crippen LogP contribution in [0.4, 0.5) is 0 Å². The van der Waals surface area contributed by atoms with Crippen LogP contribution in [0.2, 0.25) is 0 Å². The van der Waals surface area contributed by atoms with E-state index in [0.717, 1.165) is 11.1 Å². The quantitative estimate of drug-likeness (QED) is 0.314. The molecule has 4 aromatic carbocycles. The van der Waals surface area contributed by atoms with Gasteiger partial charge in [-0.1, -0.05) is 72.8 Å². The summed E-state index contributed by atoms with van der Waals surface area (Å²) in [4.78, 5) is 10.0. The minimum absolute atomic E-state index is 0.0756. The molecule has 0 N–H and O–H groups in total. The van der Waals surface area contributed by atoms with Crippen molar-refractivity contribution in [2.75, 3.05) is 0 Å². The van der Waals surface area contributed by atoms with Gasteiger partial charge in [-0.05, 0) is 72.5 Å². The fraction of sp³-hybridized carbons (Fsp3) is 0.290. The maximum absolute atomic E-state index is 6.35. The Bertz CT molecular complexity index is 1390. The second-order valence-corrected chi connectivity index (χ2v) is 10.7. The molecule has 0 saturated carbocycles. The third-order valence-corrected chi connectivity index (χ3v) is 7.11. The Morgan fingerprint density at radius 1 is 0.571 bits per heavy atom. The van der Waals surface area contributed by atoms with Crippen molar-refractivity contribution in [2.45, 2.75) is 57.4 Å². The summed E-state index contributed by atoms with van der Waals surface area (Å²) in [6.07, 6.45) is 0.459. The van der Waals surface area contributed by atoms with Gasteiger partial charge in [-0.25, -0.2) is 9.98 Å². The van der Waals surface area contributed by atoms with Gasteiger partial charge in [0.25, 0.3) is 0 Å². The van der Waals surface area contributed by atoms with Crippen LogP contribution in [-0.4, -0.2) is 23.0 Å². The lowest BCUT2D eigenvalue weighted by molar-refractivity contribution is 0.0872. The Morgan fingerprint density at radius 3 is 1.40 bits per heavy atom. The molecule has 4 heteroatoms. The number of rotatable bonds is 4. The topological polar surface area (TPSA) is 43.2 Å². The van der Waals surface area contributed by atoms with Gasteiger partial charge < -0.3 is 9.47 Å². The normalized spacial score (nSPS) is 22.5. The standard InChI is InChI=1S/C31H30N2O2/c1-30(2)28(24-15-13-20-9-5-7-11-22(20)17-24)32-26(34-30)19-27-33-29(31(3,4)35-27)25-16-14-21-10-6-8-12-23(21)18-25/h5-18,28-29H,19H2,1-4H3/t28-,29-/m1/s1. The van der Waals surface area contributed by atoms with Crippen molar-refractivity contribution in [3.8, 4) is 0 Å². The molecule has 4 nitrogen and oxygen atoms in total. The van der Waals surface area contributed by atoms with Crippen molar-refractivity contribution in [2.24, 2.45) is 9.98 Å². The number of ether oxygens (including phenoxy) is 2. The van der Waals surface area contributed by atoms with E-state index in [4.69, 9.17) is 19.5 Å². The lowest BCUT2D eigenvalue weighted by Gasteiger charge is -2.26. The Balaban J connectivity index is 1.27. The van der Waals surface area contributed by atoms with Gasteiger partial charge in [0.1, 0.15) is 23.3 Å². The molecule has 0 fully saturated rings. The molecule has 0 bridgehead atoms. The monoisotopic (exact) mass is 462 g/mol. The lowest BCUT2D eigenvalue weighted by atomic mass is 9.91. The molecule has 2 atom stereocenters. The first kappa shape index (κ1) is 21.8. The molecule has 0 unspecified atom stereocenters. The SMILES string of the molecule is CC1(C)OC(CC2=N[C@H](c3ccc4ccccc4c3)C(C)(C)O2)=N[C@@H]1c1ccc2ccccc2c1. The van der Waals surface area contributed by atoms with Crippen LogP contribution < -0.4 is 0 Å². The highest BCUT2D eigenvalue weighted by molar-refractivity contribution is 5.99. The van der Waals surface area contributed by atoms with Crippen LogP contribution in [0.1, 0.15) is 57.3 Å². The van der Waals surface area contributed by atoms with E-state index in [1.165, 1.54) is 21.5 Å². The molecule has 176 valence electrons. The first-order valence-corrected chi connectivity index (χ1v) is 12.3. The maximum Gasteiger partial charge on any atom is 0.194 e. The molecular weight excluding hydrogens is 432 g/mol. The van der Waals surface area contributed by atoms with Gasteiger partial charge in [-0.15, -0.1) is 0 Å². The zero-order valence-corrected chi connectivity index (χ0v) is 20.7. The summed E-state index contributed by atoms with van der Waals surface area (Å²) in [5.74, 6) is 1.36. The highest BCUT2D eigenvalue weighted by Crippen LogP contribution is 2.42. The summed E-state index contributed by atoms with van der Waals surface area (Å²) >= 11 is 0. The number of aliphatic imine (C=N–C) groups is 2.